The fourth-order valence-corrected chi connectivity index (χ4v) is 2.51. The zero-order chi connectivity index (χ0) is 20.4. The zero-order valence-electron chi connectivity index (χ0n) is 17.3. The van der Waals surface area contributed by atoms with E-state index in [1.54, 1.807) is 0 Å². The van der Waals surface area contributed by atoms with Crippen molar-refractivity contribution in [3.8, 4) is 11.5 Å². The van der Waals surface area contributed by atoms with E-state index in [2.05, 4.69) is 24.5 Å². The van der Waals surface area contributed by atoms with E-state index >= 15 is 0 Å². The molecule has 0 aliphatic carbocycles. The van der Waals surface area contributed by atoms with Crippen molar-refractivity contribution in [2.75, 3.05) is 18.5 Å². The minimum Gasteiger partial charge on any atom is -0.494 e. The summed E-state index contributed by atoms with van der Waals surface area (Å²) < 4.78 is 11.4. The fourth-order valence-electron chi connectivity index (χ4n) is 2.51. The van der Waals surface area contributed by atoms with Crippen molar-refractivity contribution in [3.63, 3.8) is 0 Å². The smallest absolute Gasteiger partial charge is 0.239 e. The fraction of sp³-hybridized carbons (Fsp3) is 0.435. The van der Waals surface area contributed by atoms with Gasteiger partial charge in [0.25, 0.3) is 0 Å². The highest BCUT2D eigenvalue weighted by Crippen LogP contribution is 2.18. The Morgan fingerprint density at radius 1 is 1.00 bits per heavy atom. The number of rotatable bonds is 11. The van der Waals surface area contributed by atoms with Gasteiger partial charge in [-0.15, -0.1) is 0 Å². The molecule has 0 aliphatic heterocycles. The van der Waals surface area contributed by atoms with E-state index < -0.39 is 0 Å². The molecule has 2 N–H and O–H groups in total. The van der Waals surface area contributed by atoms with Crippen molar-refractivity contribution in [1.82, 2.24) is 5.32 Å². The summed E-state index contributed by atoms with van der Waals surface area (Å²) in [7, 11) is 0. The number of hydrogen-bond acceptors (Lipinski definition) is 4. The Labute approximate surface area is 168 Å². The van der Waals surface area contributed by atoms with Crippen LogP contribution in [0.3, 0.4) is 0 Å². The monoisotopic (exact) mass is 384 g/mol. The molecular weight excluding hydrogens is 352 g/mol. The number of ether oxygens (including phenoxy) is 2. The van der Waals surface area contributed by atoms with Crippen LogP contribution in [0.1, 0.15) is 39.7 Å². The Hall–Kier alpha value is -2.69. The normalized spacial score (nSPS) is 10.8. The van der Waals surface area contributed by atoms with Gasteiger partial charge < -0.3 is 20.1 Å². The van der Waals surface area contributed by atoms with Gasteiger partial charge in [-0.3, -0.25) is 4.79 Å². The molecule has 0 aliphatic rings. The molecule has 0 spiro atoms. The third-order valence-electron chi connectivity index (χ3n) is 4.04. The molecule has 0 atom stereocenters. The Kier molecular flexibility index (Phi) is 8.66. The highest BCUT2D eigenvalue weighted by atomic mass is 16.5. The van der Waals surface area contributed by atoms with Crippen molar-refractivity contribution in [1.29, 1.82) is 0 Å². The minimum absolute atomic E-state index is 0.0614. The quantitative estimate of drug-likeness (QED) is 0.593. The van der Waals surface area contributed by atoms with Gasteiger partial charge in [-0.1, -0.05) is 32.0 Å². The van der Waals surface area contributed by atoms with Crippen LogP contribution in [-0.2, 0) is 11.3 Å². The maximum atomic E-state index is 12.1. The molecule has 0 bridgehead atoms. The van der Waals surface area contributed by atoms with Gasteiger partial charge in [-0.25, -0.2) is 0 Å². The van der Waals surface area contributed by atoms with Crippen molar-refractivity contribution < 1.29 is 14.3 Å². The van der Waals surface area contributed by atoms with Gasteiger partial charge in [0, 0.05) is 18.3 Å². The maximum Gasteiger partial charge on any atom is 0.239 e. The van der Waals surface area contributed by atoms with E-state index in [1.165, 1.54) is 0 Å². The molecule has 0 aromatic heterocycles. The van der Waals surface area contributed by atoms with Crippen LogP contribution in [-0.4, -0.2) is 25.2 Å². The highest BCUT2D eigenvalue weighted by molar-refractivity contribution is 5.80. The molecule has 0 radical (unpaired) electrons. The molecule has 2 rings (SSSR count). The minimum atomic E-state index is -0.0614. The van der Waals surface area contributed by atoms with Gasteiger partial charge in [-0.2, -0.15) is 0 Å². The van der Waals surface area contributed by atoms with Gasteiger partial charge in [0.05, 0.1) is 19.3 Å². The molecule has 0 saturated heterocycles. The largest absolute Gasteiger partial charge is 0.494 e. The summed E-state index contributed by atoms with van der Waals surface area (Å²) in [5.74, 6) is 2.20. The third-order valence-corrected chi connectivity index (χ3v) is 4.04. The number of hydrogen-bond donors (Lipinski definition) is 2. The van der Waals surface area contributed by atoms with Crippen molar-refractivity contribution in [2.24, 2.45) is 5.92 Å². The number of nitrogens with one attached hydrogen (secondary N) is 2. The number of benzene rings is 2. The first kappa shape index (κ1) is 21.6. The lowest BCUT2D eigenvalue weighted by Gasteiger charge is -2.12. The molecule has 0 unspecified atom stereocenters. The Balaban J connectivity index is 1.73. The van der Waals surface area contributed by atoms with Crippen LogP contribution in [0, 0.1) is 5.92 Å². The summed E-state index contributed by atoms with van der Waals surface area (Å²) in [6, 6.07) is 15.5. The lowest BCUT2D eigenvalue weighted by atomic mass is 10.1. The zero-order valence-corrected chi connectivity index (χ0v) is 17.3. The first-order valence-corrected chi connectivity index (χ1v) is 9.91. The topological polar surface area (TPSA) is 59.6 Å². The summed E-state index contributed by atoms with van der Waals surface area (Å²) in [6.07, 6.45) is 1.17. The highest BCUT2D eigenvalue weighted by Gasteiger charge is 2.04. The molecular formula is C23H32N2O3. The molecule has 5 nitrogen and oxygen atoms in total. The van der Waals surface area contributed by atoms with Gasteiger partial charge >= 0.3 is 0 Å². The summed E-state index contributed by atoms with van der Waals surface area (Å²) in [5.41, 5.74) is 1.90. The summed E-state index contributed by atoms with van der Waals surface area (Å²) in [5, 5.41) is 6.06. The van der Waals surface area contributed by atoms with Crippen LogP contribution in [0.5, 0.6) is 11.5 Å². The van der Waals surface area contributed by atoms with Gasteiger partial charge in [0.1, 0.15) is 11.5 Å². The summed E-state index contributed by atoms with van der Waals surface area (Å²) in [4.78, 5) is 12.1. The second kappa shape index (κ2) is 11.2. The molecule has 2 aromatic carbocycles. The number of carbonyl (C=O) groups is 1. The van der Waals surface area contributed by atoms with E-state index in [9.17, 15) is 4.79 Å². The van der Waals surface area contributed by atoms with Gasteiger partial charge in [0.15, 0.2) is 0 Å². The first-order valence-electron chi connectivity index (χ1n) is 9.91. The van der Waals surface area contributed by atoms with Crippen molar-refractivity contribution >= 4 is 11.6 Å². The summed E-state index contributed by atoms with van der Waals surface area (Å²) >= 11 is 0. The van der Waals surface area contributed by atoms with E-state index in [-0.39, 0.29) is 18.6 Å². The second-order valence-electron chi connectivity index (χ2n) is 7.50. The standard InChI is InChI=1S/C23H32N2O3/c1-17(2)12-13-27-22-7-5-6-20(14-22)24-16-23(26)25-15-19-8-10-21(11-9-19)28-18(3)4/h5-11,14,17-18,24H,12-13,15-16H2,1-4H3,(H,25,26). The Bertz CT molecular complexity index is 727. The number of amides is 1. The van der Waals surface area contributed by atoms with Crippen LogP contribution < -0.4 is 20.1 Å². The lowest BCUT2D eigenvalue weighted by molar-refractivity contribution is -0.119. The molecule has 5 heteroatoms. The molecule has 1 amide bonds. The summed E-state index contributed by atoms with van der Waals surface area (Å²) in [6.45, 7) is 9.73. The van der Waals surface area contributed by atoms with Crippen LogP contribution in [0.4, 0.5) is 5.69 Å². The van der Waals surface area contributed by atoms with E-state index in [0.717, 1.165) is 29.2 Å². The maximum absolute atomic E-state index is 12.1. The van der Waals surface area contributed by atoms with E-state index in [0.29, 0.717) is 19.1 Å². The van der Waals surface area contributed by atoms with Crippen molar-refractivity contribution in [3.05, 3.63) is 54.1 Å². The molecule has 0 heterocycles. The average Bonchev–Trinajstić information content (AvgIpc) is 2.65. The Morgan fingerprint density at radius 3 is 2.43 bits per heavy atom. The van der Waals surface area contributed by atoms with Gasteiger partial charge in [-0.05, 0) is 56.0 Å². The first-order chi connectivity index (χ1) is 13.4. The third kappa shape index (κ3) is 8.33. The van der Waals surface area contributed by atoms with Crippen LogP contribution in [0.2, 0.25) is 0 Å². The van der Waals surface area contributed by atoms with E-state index in [1.807, 2.05) is 62.4 Å². The van der Waals surface area contributed by atoms with Crippen LogP contribution in [0.15, 0.2) is 48.5 Å². The predicted octanol–water partition coefficient (Wildman–Crippen LogP) is 4.63. The molecule has 0 saturated carbocycles. The Morgan fingerprint density at radius 2 is 1.75 bits per heavy atom. The molecule has 152 valence electrons. The SMILES string of the molecule is CC(C)CCOc1cccc(NCC(=O)NCc2ccc(OC(C)C)cc2)c1. The molecule has 0 fully saturated rings. The molecule has 2 aromatic rings. The van der Waals surface area contributed by atoms with Crippen LogP contribution in [0.25, 0.3) is 0 Å². The van der Waals surface area contributed by atoms with Crippen LogP contribution >= 0.6 is 0 Å². The van der Waals surface area contributed by atoms with Gasteiger partial charge in [0.2, 0.25) is 5.91 Å². The lowest BCUT2D eigenvalue weighted by Crippen LogP contribution is -2.29. The number of carbonyl (C=O) groups excluding carboxylic acids is 1. The number of anilines is 1. The van der Waals surface area contributed by atoms with E-state index in [4.69, 9.17) is 9.47 Å². The average molecular weight is 385 g/mol. The predicted molar refractivity (Wildman–Crippen MR) is 114 cm³/mol. The van der Waals surface area contributed by atoms with Crippen molar-refractivity contribution in [2.45, 2.75) is 46.8 Å². The second-order valence-corrected chi connectivity index (χ2v) is 7.50. The molecule has 28 heavy (non-hydrogen) atoms.